The van der Waals surface area contributed by atoms with Crippen LogP contribution in [0.4, 0.5) is 0 Å². The summed E-state index contributed by atoms with van der Waals surface area (Å²) in [6.07, 6.45) is 2.91. The number of carbonyl (C=O) groups is 2. The molecule has 0 aromatic heterocycles. The van der Waals surface area contributed by atoms with E-state index in [1.807, 2.05) is 0 Å². The number of rotatable bonds is 5. The second kappa shape index (κ2) is 5.69. The van der Waals surface area contributed by atoms with Crippen LogP contribution in [0.25, 0.3) is 6.08 Å². The van der Waals surface area contributed by atoms with Gasteiger partial charge in [0.1, 0.15) is 0 Å². The van der Waals surface area contributed by atoms with E-state index in [2.05, 4.69) is 0 Å². The maximum Gasteiger partial charge on any atom is 0.328 e. The molecule has 1 aromatic rings. The lowest BCUT2D eigenvalue weighted by atomic mass is 10.1. The molecule has 0 aliphatic carbocycles. The van der Waals surface area contributed by atoms with E-state index in [1.165, 1.54) is 26.4 Å². The van der Waals surface area contributed by atoms with E-state index in [-0.39, 0.29) is 0 Å². The average Bonchev–Trinajstić information content (AvgIpc) is 2.34. The van der Waals surface area contributed by atoms with E-state index >= 15 is 0 Å². The number of carboxylic acids is 1. The zero-order valence-electron chi connectivity index (χ0n) is 9.47. The fourth-order valence-electron chi connectivity index (χ4n) is 1.32. The van der Waals surface area contributed by atoms with Crippen LogP contribution in [0, 0.1) is 0 Å². The van der Waals surface area contributed by atoms with Gasteiger partial charge in [-0.25, -0.2) is 4.79 Å². The van der Waals surface area contributed by atoms with Gasteiger partial charge in [-0.1, -0.05) is 0 Å². The number of hydrogen-bond donors (Lipinski definition) is 1. The predicted molar refractivity (Wildman–Crippen MR) is 61.6 cm³/mol. The van der Waals surface area contributed by atoms with Crippen LogP contribution in [-0.4, -0.2) is 31.6 Å². The minimum atomic E-state index is -1.09. The summed E-state index contributed by atoms with van der Waals surface area (Å²) in [5, 5.41) is 8.53. The van der Waals surface area contributed by atoms with Crippen LogP contribution in [-0.2, 0) is 4.79 Å². The molecule has 0 amide bonds. The smallest absolute Gasteiger partial charge is 0.328 e. The van der Waals surface area contributed by atoms with Crippen LogP contribution >= 0.6 is 0 Å². The van der Waals surface area contributed by atoms with Crippen LogP contribution in [0.2, 0.25) is 0 Å². The van der Waals surface area contributed by atoms with Crippen molar-refractivity contribution in [3.8, 4) is 11.5 Å². The highest BCUT2D eigenvalue weighted by molar-refractivity contribution is 5.89. The monoisotopic (exact) mass is 236 g/mol. The number of carbonyl (C=O) groups excluding carboxylic acids is 1. The van der Waals surface area contributed by atoms with Crippen LogP contribution in [0.15, 0.2) is 18.2 Å². The molecule has 0 saturated carbocycles. The van der Waals surface area contributed by atoms with Gasteiger partial charge in [0.05, 0.1) is 14.2 Å². The van der Waals surface area contributed by atoms with Crippen molar-refractivity contribution in [3.05, 3.63) is 29.3 Å². The molecule has 0 unspecified atom stereocenters. The molecule has 1 aromatic carbocycles. The highest BCUT2D eigenvalue weighted by atomic mass is 16.5. The van der Waals surface area contributed by atoms with Gasteiger partial charge < -0.3 is 14.6 Å². The number of hydrogen-bond acceptors (Lipinski definition) is 4. The van der Waals surface area contributed by atoms with Crippen LogP contribution < -0.4 is 9.47 Å². The molecule has 5 heteroatoms. The third kappa shape index (κ3) is 3.07. The van der Waals surface area contributed by atoms with Gasteiger partial charge in [0, 0.05) is 11.6 Å². The van der Waals surface area contributed by atoms with Gasteiger partial charge in [0.15, 0.2) is 17.8 Å². The number of methoxy groups -OCH3 is 2. The molecule has 0 heterocycles. The summed E-state index contributed by atoms with van der Waals surface area (Å²) in [6.45, 7) is 0. The Kier molecular flexibility index (Phi) is 4.28. The molecule has 0 spiro atoms. The summed E-state index contributed by atoms with van der Waals surface area (Å²) in [5.74, 6) is -0.234. The van der Waals surface area contributed by atoms with E-state index in [1.54, 1.807) is 6.07 Å². The molecule has 0 bridgehead atoms. The van der Waals surface area contributed by atoms with Gasteiger partial charge in [-0.3, -0.25) is 4.79 Å². The van der Waals surface area contributed by atoms with Gasteiger partial charge in [-0.05, 0) is 23.8 Å². The summed E-state index contributed by atoms with van der Waals surface area (Å²) in [5.41, 5.74) is 0.792. The number of benzene rings is 1. The predicted octanol–water partition coefficient (Wildman–Crippen LogP) is 1.61. The Morgan fingerprint density at radius 2 is 1.71 bits per heavy atom. The summed E-state index contributed by atoms with van der Waals surface area (Å²) in [6, 6.07) is 3.04. The van der Waals surface area contributed by atoms with Crippen LogP contribution in [0.1, 0.15) is 15.9 Å². The number of carboxylic acid groups (broad SMARTS) is 1. The maximum absolute atomic E-state index is 10.9. The van der Waals surface area contributed by atoms with Crippen molar-refractivity contribution >= 4 is 18.3 Å². The standard InChI is InChI=1S/C12H12O5/c1-16-10-5-8(3-4-12(14)15)9(7-13)6-11(10)17-2/h3-7H,1-2H3,(H,14,15). The molecule has 0 aliphatic rings. The Labute approximate surface area is 98.3 Å². The summed E-state index contributed by atoms with van der Waals surface area (Å²) < 4.78 is 10.1. The van der Waals surface area contributed by atoms with Gasteiger partial charge in [-0.2, -0.15) is 0 Å². The highest BCUT2D eigenvalue weighted by Gasteiger charge is 2.09. The van der Waals surface area contributed by atoms with Crippen LogP contribution in [0.5, 0.6) is 11.5 Å². The molecular weight excluding hydrogens is 224 g/mol. The zero-order chi connectivity index (χ0) is 12.8. The second-order valence-corrected chi connectivity index (χ2v) is 3.13. The minimum absolute atomic E-state index is 0.333. The Bertz CT molecular complexity index is 462. The van der Waals surface area contributed by atoms with Crippen molar-refractivity contribution in [2.45, 2.75) is 0 Å². The first-order chi connectivity index (χ1) is 8.12. The maximum atomic E-state index is 10.9. The second-order valence-electron chi connectivity index (χ2n) is 3.13. The Hall–Kier alpha value is -2.30. The van der Waals surface area contributed by atoms with E-state index in [0.717, 1.165) is 6.08 Å². The summed E-state index contributed by atoms with van der Waals surface area (Å²) in [4.78, 5) is 21.3. The van der Waals surface area contributed by atoms with Crippen molar-refractivity contribution in [2.24, 2.45) is 0 Å². The third-order valence-corrected chi connectivity index (χ3v) is 2.12. The van der Waals surface area contributed by atoms with Crippen LogP contribution in [0.3, 0.4) is 0 Å². The molecule has 0 atom stereocenters. The van der Waals surface area contributed by atoms with Crippen molar-refractivity contribution in [1.29, 1.82) is 0 Å². The minimum Gasteiger partial charge on any atom is -0.493 e. The molecule has 0 radical (unpaired) electrons. The fourth-order valence-corrected chi connectivity index (χ4v) is 1.32. The molecule has 90 valence electrons. The van der Waals surface area contributed by atoms with Gasteiger partial charge in [0.2, 0.25) is 0 Å². The van der Waals surface area contributed by atoms with Crippen molar-refractivity contribution in [2.75, 3.05) is 14.2 Å². The largest absolute Gasteiger partial charge is 0.493 e. The normalized spacial score (nSPS) is 10.2. The molecular formula is C12H12O5. The van der Waals surface area contributed by atoms with Gasteiger partial charge >= 0.3 is 5.97 Å². The lowest BCUT2D eigenvalue weighted by Crippen LogP contribution is -1.95. The van der Waals surface area contributed by atoms with E-state index in [4.69, 9.17) is 14.6 Å². The number of ether oxygens (including phenoxy) is 2. The lowest BCUT2D eigenvalue weighted by molar-refractivity contribution is -0.131. The van der Waals surface area contributed by atoms with Crippen molar-refractivity contribution in [1.82, 2.24) is 0 Å². The lowest BCUT2D eigenvalue weighted by Gasteiger charge is -2.09. The quantitative estimate of drug-likeness (QED) is 0.621. The molecule has 0 aliphatic heterocycles. The summed E-state index contributed by atoms with van der Waals surface area (Å²) in [7, 11) is 2.92. The van der Waals surface area contributed by atoms with Crippen molar-refractivity contribution < 1.29 is 24.2 Å². The first kappa shape index (κ1) is 12.8. The first-order valence-corrected chi connectivity index (χ1v) is 4.74. The molecule has 0 saturated heterocycles. The molecule has 0 fully saturated rings. The Balaban J connectivity index is 3.28. The van der Waals surface area contributed by atoms with Gasteiger partial charge in [0.25, 0.3) is 0 Å². The Morgan fingerprint density at radius 3 is 2.12 bits per heavy atom. The fraction of sp³-hybridized carbons (Fsp3) is 0.167. The zero-order valence-corrected chi connectivity index (χ0v) is 9.47. The molecule has 1 rings (SSSR count). The van der Waals surface area contributed by atoms with Crippen molar-refractivity contribution in [3.63, 3.8) is 0 Å². The molecule has 17 heavy (non-hydrogen) atoms. The van der Waals surface area contributed by atoms with Gasteiger partial charge in [-0.15, -0.1) is 0 Å². The summed E-state index contributed by atoms with van der Waals surface area (Å²) >= 11 is 0. The number of aldehydes is 1. The first-order valence-electron chi connectivity index (χ1n) is 4.74. The average molecular weight is 236 g/mol. The Morgan fingerprint density at radius 1 is 1.18 bits per heavy atom. The highest BCUT2D eigenvalue weighted by Crippen LogP contribution is 2.30. The van der Waals surface area contributed by atoms with E-state index in [0.29, 0.717) is 28.9 Å². The topological polar surface area (TPSA) is 72.8 Å². The molecule has 1 N–H and O–H groups in total. The number of aliphatic carboxylic acids is 1. The molecule has 5 nitrogen and oxygen atoms in total. The van der Waals surface area contributed by atoms with E-state index in [9.17, 15) is 9.59 Å². The van der Waals surface area contributed by atoms with E-state index < -0.39 is 5.97 Å². The third-order valence-electron chi connectivity index (χ3n) is 2.12. The SMILES string of the molecule is COc1cc(C=O)c(C=CC(=O)O)cc1OC.